The van der Waals surface area contributed by atoms with E-state index in [1.54, 1.807) is 6.92 Å². The molecule has 0 spiro atoms. The van der Waals surface area contributed by atoms with Gasteiger partial charge in [-0.3, -0.25) is 9.59 Å². The highest BCUT2D eigenvalue weighted by atomic mass is 19.1. The van der Waals surface area contributed by atoms with Crippen molar-refractivity contribution in [1.29, 1.82) is 0 Å². The van der Waals surface area contributed by atoms with Crippen LogP contribution in [0.4, 0.5) is 29.5 Å². The summed E-state index contributed by atoms with van der Waals surface area (Å²) in [6, 6.07) is 6.60. The molecule has 0 saturated carbocycles. The van der Waals surface area contributed by atoms with Crippen LogP contribution in [0.2, 0.25) is 0 Å². The summed E-state index contributed by atoms with van der Waals surface area (Å²) >= 11 is 0. The van der Waals surface area contributed by atoms with Crippen molar-refractivity contribution >= 4 is 35.3 Å². The zero-order valence-corrected chi connectivity index (χ0v) is 21.2. The highest BCUT2D eigenvalue weighted by Gasteiger charge is 2.34. The van der Waals surface area contributed by atoms with Crippen LogP contribution in [0.3, 0.4) is 0 Å². The van der Waals surface area contributed by atoms with E-state index < -0.39 is 40.9 Å². The van der Waals surface area contributed by atoms with Crippen LogP contribution in [0.5, 0.6) is 11.6 Å². The van der Waals surface area contributed by atoms with Crippen LogP contribution >= 0.6 is 0 Å². The van der Waals surface area contributed by atoms with Gasteiger partial charge in [-0.15, -0.1) is 0 Å². The number of nitrogens with two attached hydrogens (primary N) is 1. The van der Waals surface area contributed by atoms with Crippen LogP contribution in [-0.2, 0) is 11.2 Å². The number of nitrogen functional groups attached to an aromatic ring is 1. The van der Waals surface area contributed by atoms with E-state index in [2.05, 4.69) is 15.4 Å². The molecule has 2 aromatic heterocycles. The molecule has 10 nitrogen and oxygen atoms in total. The number of carbonyl (C=O) groups is 3. The number of hydrogen-bond acceptors (Lipinski definition) is 7. The fraction of sp³-hybridized carbons (Fsp3) is 0.107. The quantitative estimate of drug-likeness (QED) is 0.266. The Bertz CT molecular complexity index is 1800. The lowest BCUT2D eigenvalue weighted by Gasteiger charge is -2.15. The van der Waals surface area contributed by atoms with Crippen molar-refractivity contribution in [3.63, 3.8) is 0 Å². The zero-order chi connectivity index (χ0) is 29.0. The van der Waals surface area contributed by atoms with Gasteiger partial charge in [-0.1, -0.05) is 6.07 Å². The number of ketones is 1. The largest absolute Gasteiger partial charge is 0.433 e. The van der Waals surface area contributed by atoms with E-state index in [4.69, 9.17) is 10.5 Å². The van der Waals surface area contributed by atoms with Crippen molar-refractivity contribution in [2.24, 2.45) is 0 Å². The molecule has 0 atom stereocenters. The molecule has 1 fully saturated rings. The molecule has 3 heterocycles. The number of carbonyl (C=O) groups excluding carboxylic acids is 3. The molecule has 1 aliphatic carbocycles. The summed E-state index contributed by atoms with van der Waals surface area (Å²) in [6.45, 7) is 1.45. The zero-order valence-electron chi connectivity index (χ0n) is 21.2. The van der Waals surface area contributed by atoms with Crippen LogP contribution < -0.4 is 20.7 Å². The monoisotopic (exact) mass is 560 g/mol. The number of Topliss-reactive ketones (excluding diaryl/α,β-unsaturated/α-hetero) is 1. The number of nitrogens with zero attached hydrogens (tertiary/aromatic N) is 4. The number of nitrogens with one attached hydrogen (secondary N) is 1. The molecule has 13 heteroatoms. The number of para-hydroxylation sites is 1. The molecule has 41 heavy (non-hydrogen) atoms. The second kappa shape index (κ2) is 9.62. The SMILES string of the molecule is Cc1cc(Oc2c(F)cccc2F)ncc1-n1ncc(C(=O)C2=Cc3cc(F)c(N4C(=O)CNC4=O)cc3C2)c1N. The summed E-state index contributed by atoms with van der Waals surface area (Å²) in [4.78, 5) is 42.3. The number of pyridine rings is 1. The number of ether oxygens (including phenoxy) is 1. The van der Waals surface area contributed by atoms with Crippen LogP contribution in [0.1, 0.15) is 27.0 Å². The number of rotatable bonds is 6. The molecule has 0 bridgehead atoms. The third kappa shape index (κ3) is 4.36. The Morgan fingerprint density at radius 2 is 1.80 bits per heavy atom. The summed E-state index contributed by atoms with van der Waals surface area (Å²) in [5.41, 5.74) is 8.43. The number of fused-ring (bicyclic) bond motifs is 1. The Morgan fingerprint density at radius 3 is 2.49 bits per heavy atom. The van der Waals surface area contributed by atoms with Crippen molar-refractivity contribution in [2.45, 2.75) is 13.3 Å². The van der Waals surface area contributed by atoms with E-state index in [9.17, 15) is 27.6 Å². The Morgan fingerprint density at radius 1 is 1.05 bits per heavy atom. The van der Waals surface area contributed by atoms with Crippen molar-refractivity contribution in [2.75, 3.05) is 17.2 Å². The number of amides is 3. The predicted octanol–water partition coefficient (Wildman–Crippen LogP) is 4.25. The van der Waals surface area contributed by atoms with E-state index in [0.29, 0.717) is 28.0 Å². The molecule has 0 radical (unpaired) electrons. The maximum absolute atomic E-state index is 14.8. The summed E-state index contributed by atoms with van der Waals surface area (Å²) in [5.74, 6) is -4.22. The van der Waals surface area contributed by atoms with Gasteiger partial charge < -0.3 is 15.8 Å². The number of imide groups is 1. The molecular formula is C28H19F3N6O4. The standard InChI is InChI=1S/C28H19F3N6O4/c1-13-5-23(41-26-18(29)3-2-4-19(26)30)33-11-22(13)37-27(32)17(10-35-37)25(39)16-6-14-8-20(31)21(9-15(14)7-16)36-24(38)12-34-28(36)40/h2-6,8-11H,7,12,32H2,1H3,(H,34,40). The Hall–Kier alpha value is -5.46. The normalized spacial score (nSPS) is 14.2. The highest BCUT2D eigenvalue weighted by Crippen LogP contribution is 2.35. The molecule has 2 aliphatic rings. The number of allylic oxidation sites excluding steroid dienone is 1. The average Bonchev–Trinajstić information content (AvgIpc) is 3.62. The molecule has 3 N–H and O–H groups in total. The predicted molar refractivity (Wildman–Crippen MR) is 140 cm³/mol. The van der Waals surface area contributed by atoms with Crippen LogP contribution in [-0.4, -0.2) is 39.0 Å². The van der Waals surface area contributed by atoms with E-state index in [-0.39, 0.29) is 35.9 Å². The van der Waals surface area contributed by atoms with Crippen LogP contribution in [0.15, 0.2) is 54.4 Å². The van der Waals surface area contributed by atoms with Gasteiger partial charge in [0.1, 0.15) is 11.6 Å². The van der Waals surface area contributed by atoms with Gasteiger partial charge >= 0.3 is 6.03 Å². The summed E-state index contributed by atoms with van der Waals surface area (Å²) in [7, 11) is 0. The molecule has 1 aliphatic heterocycles. The fourth-order valence-electron chi connectivity index (χ4n) is 4.72. The third-order valence-electron chi connectivity index (χ3n) is 6.76. The molecule has 2 aromatic carbocycles. The fourth-order valence-corrected chi connectivity index (χ4v) is 4.72. The maximum Gasteiger partial charge on any atom is 0.329 e. The molecular weight excluding hydrogens is 541 g/mol. The first-order valence-corrected chi connectivity index (χ1v) is 12.2. The van der Waals surface area contributed by atoms with Gasteiger partial charge in [0.2, 0.25) is 11.6 Å². The van der Waals surface area contributed by atoms with E-state index in [1.165, 1.54) is 47.4 Å². The lowest BCUT2D eigenvalue weighted by molar-refractivity contribution is -0.115. The number of benzene rings is 2. The minimum Gasteiger partial charge on any atom is -0.433 e. The average molecular weight is 560 g/mol. The van der Waals surface area contributed by atoms with E-state index >= 15 is 0 Å². The summed E-state index contributed by atoms with van der Waals surface area (Å²) in [6.07, 6.45) is 4.27. The van der Waals surface area contributed by atoms with Gasteiger partial charge in [0.25, 0.3) is 5.91 Å². The van der Waals surface area contributed by atoms with Gasteiger partial charge in [0, 0.05) is 18.1 Å². The number of halogens is 3. The topological polar surface area (TPSA) is 132 Å². The second-order valence-electron chi connectivity index (χ2n) is 9.38. The van der Waals surface area contributed by atoms with Crippen LogP contribution in [0, 0.1) is 24.4 Å². The van der Waals surface area contributed by atoms with Crippen molar-refractivity contribution in [3.8, 4) is 17.3 Å². The van der Waals surface area contributed by atoms with E-state index in [0.717, 1.165) is 17.0 Å². The van der Waals surface area contributed by atoms with Gasteiger partial charge in [0.15, 0.2) is 17.4 Å². The van der Waals surface area contributed by atoms with Gasteiger partial charge in [0.05, 0.1) is 35.9 Å². The van der Waals surface area contributed by atoms with E-state index in [1.807, 2.05) is 0 Å². The van der Waals surface area contributed by atoms with Crippen LogP contribution in [0.25, 0.3) is 11.8 Å². The van der Waals surface area contributed by atoms with Crippen molar-refractivity contribution in [1.82, 2.24) is 20.1 Å². The lowest BCUT2D eigenvalue weighted by atomic mass is 10.0. The molecule has 206 valence electrons. The minimum absolute atomic E-state index is 0.0109. The first-order chi connectivity index (χ1) is 19.6. The number of hydrogen-bond donors (Lipinski definition) is 2. The minimum atomic E-state index is -0.884. The molecule has 6 rings (SSSR count). The highest BCUT2D eigenvalue weighted by molar-refractivity contribution is 6.20. The van der Waals surface area contributed by atoms with Crippen molar-refractivity contribution in [3.05, 3.63) is 94.1 Å². The van der Waals surface area contributed by atoms with Gasteiger partial charge in [-0.05, 0) is 54.0 Å². The lowest BCUT2D eigenvalue weighted by Crippen LogP contribution is -2.31. The first kappa shape index (κ1) is 25.8. The van der Waals surface area contributed by atoms with Crippen molar-refractivity contribution < 1.29 is 32.3 Å². The second-order valence-corrected chi connectivity index (χ2v) is 9.38. The number of anilines is 2. The Labute approximate surface area is 229 Å². The molecule has 3 amide bonds. The molecule has 0 unspecified atom stereocenters. The number of aromatic nitrogens is 3. The maximum atomic E-state index is 14.8. The molecule has 4 aromatic rings. The molecule has 1 saturated heterocycles. The summed E-state index contributed by atoms with van der Waals surface area (Å²) in [5, 5.41) is 6.57. The third-order valence-corrected chi connectivity index (χ3v) is 6.76. The van der Waals surface area contributed by atoms with Gasteiger partial charge in [-0.25, -0.2) is 32.5 Å². The number of urea groups is 1. The Balaban J connectivity index is 1.24. The first-order valence-electron chi connectivity index (χ1n) is 12.2. The Kier molecular flexibility index (Phi) is 6.06. The number of aryl methyl sites for hydroxylation is 1. The smallest absolute Gasteiger partial charge is 0.329 e. The summed E-state index contributed by atoms with van der Waals surface area (Å²) < 4.78 is 49.3. The van der Waals surface area contributed by atoms with Gasteiger partial charge in [-0.2, -0.15) is 5.10 Å².